The molecule has 0 saturated carbocycles. The van der Waals surface area contributed by atoms with Crippen molar-refractivity contribution >= 4 is 15.9 Å². The molecule has 0 bridgehead atoms. The third kappa shape index (κ3) is 3.31. The monoisotopic (exact) mass is 361 g/mol. The number of hydrogen-bond donors (Lipinski definition) is 1. The summed E-state index contributed by atoms with van der Waals surface area (Å²) < 4.78 is 1.12. The molecule has 116 valence electrons. The fourth-order valence-electron chi connectivity index (χ4n) is 2.89. The fourth-order valence-corrected chi connectivity index (χ4v) is 3.30. The SMILES string of the molecule is CCCc1nc2c(c(=O)[nH]1)CN(Cc1ccccc1Br)CC2. The van der Waals surface area contributed by atoms with Gasteiger partial charge in [-0.1, -0.05) is 41.1 Å². The van der Waals surface area contributed by atoms with Gasteiger partial charge in [0.2, 0.25) is 0 Å². The molecular weight excluding hydrogens is 342 g/mol. The molecule has 0 radical (unpaired) electrons. The number of hydrogen-bond acceptors (Lipinski definition) is 3. The third-order valence-corrected chi connectivity index (χ3v) is 4.81. The van der Waals surface area contributed by atoms with Crippen LogP contribution in [0.3, 0.4) is 0 Å². The maximum Gasteiger partial charge on any atom is 0.255 e. The minimum absolute atomic E-state index is 0.0327. The van der Waals surface area contributed by atoms with Crippen LogP contribution in [0.15, 0.2) is 33.5 Å². The van der Waals surface area contributed by atoms with Crippen molar-refractivity contribution < 1.29 is 0 Å². The zero-order valence-electron chi connectivity index (χ0n) is 12.7. The van der Waals surface area contributed by atoms with E-state index in [4.69, 9.17) is 0 Å². The van der Waals surface area contributed by atoms with Crippen molar-refractivity contribution in [3.8, 4) is 0 Å². The standard InChI is InChI=1S/C17H20BrN3O/c1-2-5-16-19-15-8-9-21(11-13(15)17(22)20-16)10-12-6-3-4-7-14(12)18/h3-4,6-7H,2,5,8-11H2,1H3,(H,19,20,22). The summed E-state index contributed by atoms with van der Waals surface area (Å²) in [7, 11) is 0. The van der Waals surface area contributed by atoms with Crippen molar-refractivity contribution in [2.75, 3.05) is 6.54 Å². The summed E-state index contributed by atoms with van der Waals surface area (Å²) in [4.78, 5) is 22.2. The van der Waals surface area contributed by atoms with Crippen molar-refractivity contribution in [3.05, 3.63) is 61.7 Å². The highest BCUT2D eigenvalue weighted by molar-refractivity contribution is 9.10. The maximum absolute atomic E-state index is 12.3. The molecule has 3 rings (SSSR count). The molecule has 5 heteroatoms. The first kappa shape index (κ1) is 15.4. The lowest BCUT2D eigenvalue weighted by atomic mass is 10.1. The van der Waals surface area contributed by atoms with Crippen LogP contribution in [0.4, 0.5) is 0 Å². The van der Waals surface area contributed by atoms with Gasteiger partial charge in [0.15, 0.2) is 0 Å². The summed E-state index contributed by atoms with van der Waals surface area (Å²) in [5.74, 6) is 0.825. The summed E-state index contributed by atoms with van der Waals surface area (Å²) in [6.07, 6.45) is 2.68. The molecule has 22 heavy (non-hydrogen) atoms. The van der Waals surface area contributed by atoms with Crippen LogP contribution in [0.5, 0.6) is 0 Å². The summed E-state index contributed by atoms with van der Waals surface area (Å²) in [6, 6.07) is 8.23. The molecule has 1 aromatic heterocycles. The van der Waals surface area contributed by atoms with Crippen LogP contribution in [0.1, 0.15) is 36.0 Å². The molecule has 4 nitrogen and oxygen atoms in total. The molecule has 0 unspecified atom stereocenters. The van der Waals surface area contributed by atoms with Gasteiger partial charge in [0.05, 0.1) is 11.3 Å². The smallest absolute Gasteiger partial charge is 0.255 e. The Kier molecular flexibility index (Phi) is 4.74. The molecule has 1 aliphatic heterocycles. The van der Waals surface area contributed by atoms with Crippen LogP contribution in [0.25, 0.3) is 0 Å². The number of fused-ring (bicyclic) bond motifs is 1. The first-order chi connectivity index (χ1) is 10.7. The topological polar surface area (TPSA) is 49.0 Å². The van der Waals surface area contributed by atoms with Crippen LogP contribution in [0.2, 0.25) is 0 Å². The van der Waals surface area contributed by atoms with Crippen LogP contribution in [0, 0.1) is 0 Å². The lowest BCUT2D eigenvalue weighted by Gasteiger charge is -2.28. The second-order valence-corrected chi connectivity index (χ2v) is 6.59. The molecule has 0 aliphatic carbocycles. The van der Waals surface area contributed by atoms with Gasteiger partial charge in [-0.15, -0.1) is 0 Å². The lowest BCUT2D eigenvalue weighted by molar-refractivity contribution is 0.241. The van der Waals surface area contributed by atoms with Crippen molar-refractivity contribution in [2.45, 2.75) is 39.3 Å². The molecule has 0 amide bonds. The predicted molar refractivity (Wildman–Crippen MR) is 90.8 cm³/mol. The first-order valence-corrected chi connectivity index (χ1v) is 8.53. The maximum atomic E-state index is 12.3. The van der Waals surface area contributed by atoms with Gasteiger partial charge in [-0.05, 0) is 18.1 Å². The van der Waals surface area contributed by atoms with Crippen LogP contribution < -0.4 is 5.56 Å². The van der Waals surface area contributed by atoms with Crippen LogP contribution >= 0.6 is 15.9 Å². The van der Waals surface area contributed by atoms with Gasteiger partial charge in [0.25, 0.3) is 5.56 Å². The van der Waals surface area contributed by atoms with E-state index < -0.39 is 0 Å². The first-order valence-electron chi connectivity index (χ1n) is 7.74. The Bertz CT molecular complexity index is 726. The van der Waals surface area contributed by atoms with E-state index in [-0.39, 0.29) is 5.56 Å². The second kappa shape index (κ2) is 6.75. The molecule has 0 saturated heterocycles. The van der Waals surface area contributed by atoms with Crippen molar-refractivity contribution in [3.63, 3.8) is 0 Å². The molecule has 1 aromatic carbocycles. The number of benzene rings is 1. The minimum atomic E-state index is 0.0327. The Morgan fingerprint density at radius 2 is 2.18 bits per heavy atom. The molecule has 0 fully saturated rings. The van der Waals surface area contributed by atoms with E-state index in [0.717, 1.165) is 53.9 Å². The van der Waals surface area contributed by atoms with Gasteiger partial charge >= 0.3 is 0 Å². The number of nitrogens with one attached hydrogen (secondary N) is 1. The Labute approximate surface area is 138 Å². The highest BCUT2D eigenvalue weighted by Crippen LogP contribution is 2.21. The third-order valence-electron chi connectivity index (χ3n) is 4.04. The van der Waals surface area contributed by atoms with Crippen molar-refractivity contribution in [1.29, 1.82) is 0 Å². The van der Waals surface area contributed by atoms with E-state index in [2.05, 4.69) is 49.9 Å². The highest BCUT2D eigenvalue weighted by Gasteiger charge is 2.21. The summed E-state index contributed by atoms with van der Waals surface area (Å²) in [5.41, 5.74) is 3.09. The van der Waals surface area contributed by atoms with Crippen molar-refractivity contribution in [1.82, 2.24) is 14.9 Å². The van der Waals surface area contributed by atoms with E-state index in [0.29, 0.717) is 6.54 Å². The molecule has 0 spiro atoms. The van der Waals surface area contributed by atoms with E-state index >= 15 is 0 Å². The number of aryl methyl sites for hydroxylation is 1. The molecule has 1 N–H and O–H groups in total. The molecule has 1 aliphatic rings. The fraction of sp³-hybridized carbons (Fsp3) is 0.412. The summed E-state index contributed by atoms with van der Waals surface area (Å²) in [5, 5.41) is 0. The summed E-state index contributed by atoms with van der Waals surface area (Å²) in [6.45, 7) is 4.55. The van der Waals surface area contributed by atoms with E-state index in [1.165, 1.54) is 5.56 Å². The Balaban J connectivity index is 1.79. The molecule has 2 heterocycles. The van der Waals surface area contributed by atoms with E-state index in [1.54, 1.807) is 0 Å². The van der Waals surface area contributed by atoms with Gasteiger partial charge in [0, 0.05) is 36.9 Å². The molecular formula is C17H20BrN3O. The van der Waals surface area contributed by atoms with Gasteiger partial charge in [-0.2, -0.15) is 0 Å². The number of H-pyrrole nitrogens is 1. The zero-order chi connectivity index (χ0) is 15.5. The van der Waals surface area contributed by atoms with Crippen molar-refractivity contribution in [2.24, 2.45) is 0 Å². The van der Waals surface area contributed by atoms with E-state index in [1.807, 2.05) is 12.1 Å². The average Bonchev–Trinajstić information content (AvgIpc) is 2.51. The number of rotatable bonds is 4. The quantitative estimate of drug-likeness (QED) is 0.910. The Hall–Kier alpha value is -1.46. The largest absolute Gasteiger partial charge is 0.310 e. The van der Waals surface area contributed by atoms with E-state index in [9.17, 15) is 4.79 Å². The number of halogens is 1. The van der Waals surface area contributed by atoms with Gasteiger partial charge in [-0.25, -0.2) is 4.98 Å². The van der Waals surface area contributed by atoms with Gasteiger partial charge in [0.1, 0.15) is 5.82 Å². The average molecular weight is 362 g/mol. The number of aromatic nitrogens is 2. The number of nitrogens with zero attached hydrogens (tertiary/aromatic N) is 2. The van der Waals surface area contributed by atoms with Crippen LogP contribution in [-0.4, -0.2) is 21.4 Å². The molecule has 0 atom stereocenters. The Morgan fingerprint density at radius 3 is 2.95 bits per heavy atom. The predicted octanol–water partition coefficient (Wildman–Crippen LogP) is 3.04. The molecule has 2 aromatic rings. The summed E-state index contributed by atoms with van der Waals surface area (Å²) >= 11 is 3.59. The zero-order valence-corrected chi connectivity index (χ0v) is 14.3. The van der Waals surface area contributed by atoms with Gasteiger partial charge in [-0.3, -0.25) is 9.69 Å². The Morgan fingerprint density at radius 1 is 1.36 bits per heavy atom. The minimum Gasteiger partial charge on any atom is -0.310 e. The second-order valence-electron chi connectivity index (χ2n) is 5.74. The number of aromatic amines is 1. The van der Waals surface area contributed by atoms with Gasteiger partial charge < -0.3 is 4.98 Å². The normalized spacial score (nSPS) is 14.8. The highest BCUT2D eigenvalue weighted by atomic mass is 79.9. The van der Waals surface area contributed by atoms with Crippen LogP contribution in [-0.2, 0) is 25.9 Å². The lowest BCUT2D eigenvalue weighted by Crippen LogP contribution is -2.35.